The first-order valence-electron chi connectivity index (χ1n) is 16.7. The molecule has 2 aliphatic heterocycles. The summed E-state index contributed by atoms with van der Waals surface area (Å²) >= 11 is 0. The molecule has 2 aliphatic carbocycles. The monoisotopic (exact) mass is 693 g/mol. The largest absolute Gasteiger partial charge is 0.507 e. The quantitative estimate of drug-likeness (QED) is 0.148. The number of aliphatic hydroxyl groups is 2. The van der Waals surface area contributed by atoms with Crippen LogP contribution >= 0.6 is 0 Å². The van der Waals surface area contributed by atoms with Crippen molar-refractivity contribution in [2.75, 3.05) is 7.11 Å². The summed E-state index contributed by atoms with van der Waals surface area (Å²) in [6.45, 7) is 10.5. The number of piperidine rings is 1. The Balaban J connectivity index is 1.46. The van der Waals surface area contributed by atoms with Crippen molar-refractivity contribution < 1.29 is 49.4 Å². The zero-order chi connectivity index (χ0) is 36.7. The minimum atomic E-state index is -1.82. The molecule has 6 rings (SSSR count). The van der Waals surface area contributed by atoms with Crippen molar-refractivity contribution in [3.8, 4) is 17.2 Å². The lowest BCUT2D eigenvalue weighted by Crippen LogP contribution is -2.58. The summed E-state index contributed by atoms with van der Waals surface area (Å²) in [6.07, 6.45) is -3.61. The van der Waals surface area contributed by atoms with Gasteiger partial charge in [-0.15, -0.1) is 10.3 Å². The first kappa shape index (κ1) is 36.0. The number of fused-ring (bicyclic) bond motifs is 3. The summed E-state index contributed by atoms with van der Waals surface area (Å²) in [7, 11) is 1.35. The molecule has 2 aromatic rings. The maximum Gasteiger partial charge on any atom is 0.202 e. The molecule has 14 heteroatoms. The van der Waals surface area contributed by atoms with E-state index in [1.807, 2.05) is 27.7 Å². The molecule has 2 fully saturated rings. The standard InChI is InChI=1S/C36H45N4O10/c1-16-29(41)21(37)11-24(49-16)50-23-15-36(46,17(2)38-39-18-12-34(3,4)40(47)35(5,6)13-18)14-20-26(23)33(45)28-27(31(20)43)30(42)19-9-8-10-22(48-7)25(19)32(28)44/h8-10,16,21,23-24,29,41,43,45-46H,11-15,37H2,1-7H3/b38-17+/t16-,21-,23+,24-,29+,36+/m1/s1. The number of hydrogen-bond donors (Lipinski definition) is 5. The molecule has 0 spiro atoms. The Bertz CT molecular complexity index is 1790. The van der Waals surface area contributed by atoms with E-state index >= 15 is 0 Å². The average molecular weight is 694 g/mol. The fraction of sp³-hybridized carbons (Fsp3) is 0.556. The molecular formula is C36H45N4O10. The van der Waals surface area contributed by atoms with Crippen LogP contribution in [0.1, 0.15) is 116 Å². The summed E-state index contributed by atoms with van der Waals surface area (Å²) in [5, 5.41) is 69.1. The van der Waals surface area contributed by atoms with Crippen molar-refractivity contribution in [2.24, 2.45) is 15.9 Å². The van der Waals surface area contributed by atoms with Crippen LogP contribution in [0.5, 0.6) is 17.2 Å². The second kappa shape index (κ2) is 12.5. The third-order valence-corrected chi connectivity index (χ3v) is 10.5. The van der Waals surface area contributed by atoms with Crippen LogP contribution in [0.4, 0.5) is 0 Å². The summed E-state index contributed by atoms with van der Waals surface area (Å²) in [4.78, 5) is 27.9. The molecule has 0 aromatic heterocycles. The van der Waals surface area contributed by atoms with Crippen LogP contribution in [0.25, 0.3) is 0 Å². The van der Waals surface area contributed by atoms with Gasteiger partial charge in [-0.2, -0.15) is 10.2 Å². The number of aliphatic hydroxyl groups excluding tert-OH is 1. The van der Waals surface area contributed by atoms with E-state index in [0.29, 0.717) is 18.6 Å². The Morgan fingerprint density at radius 2 is 1.66 bits per heavy atom. The topological polar surface area (TPSA) is 217 Å². The number of benzene rings is 2. The number of phenolic OH excluding ortho intramolecular Hbond substituents is 2. The van der Waals surface area contributed by atoms with E-state index in [9.17, 15) is 35.2 Å². The van der Waals surface area contributed by atoms with Gasteiger partial charge in [-0.3, -0.25) is 9.59 Å². The smallest absolute Gasteiger partial charge is 0.202 e. The number of nitrogens with two attached hydrogens (primary N) is 1. The third-order valence-electron chi connectivity index (χ3n) is 10.5. The number of phenols is 2. The van der Waals surface area contributed by atoms with Gasteiger partial charge in [0.05, 0.1) is 47.8 Å². The minimum absolute atomic E-state index is 0.00365. The molecule has 2 saturated heterocycles. The van der Waals surface area contributed by atoms with Crippen molar-refractivity contribution in [1.29, 1.82) is 0 Å². The zero-order valence-corrected chi connectivity index (χ0v) is 29.3. The van der Waals surface area contributed by atoms with Gasteiger partial charge >= 0.3 is 0 Å². The van der Waals surface area contributed by atoms with Gasteiger partial charge in [0.15, 0.2) is 12.1 Å². The Labute approximate surface area is 290 Å². The number of aromatic hydroxyl groups is 2. The van der Waals surface area contributed by atoms with Gasteiger partial charge < -0.3 is 40.4 Å². The zero-order valence-electron chi connectivity index (χ0n) is 29.3. The number of carbonyl (C=O) groups excluding carboxylic acids is 2. The van der Waals surface area contributed by atoms with Gasteiger partial charge in [0.25, 0.3) is 0 Å². The number of hydroxylamine groups is 2. The average Bonchev–Trinajstić information content (AvgIpc) is 3.04. The van der Waals surface area contributed by atoms with Crippen molar-refractivity contribution in [3.05, 3.63) is 51.6 Å². The fourth-order valence-corrected chi connectivity index (χ4v) is 8.00. The molecule has 1 radical (unpaired) electrons. The van der Waals surface area contributed by atoms with Gasteiger partial charge in [-0.25, -0.2) is 0 Å². The van der Waals surface area contributed by atoms with E-state index in [0.717, 1.165) is 5.06 Å². The summed E-state index contributed by atoms with van der Waals surface area (Å²) in [5.74, 6) is -2.46. The predicted molar refractivity (Wildman–Crippen MR) is 180 cm³/mol. The second-order valence-corrected chi connectivity index (χ2v) is 15.2. The third kappa shape index (κ3) is 5.82. The number of methoxy groups -OCH3 is 1. The Kier molecular flexibility index (Phi) is 8.99. The number of ether oxygens (including phenoxy) is 3. The Hall–Kier alpha value is -3.76. The Morgan fingerprint density at radius 3 is 2.28 bits per heavy atom. The van der Waals surface area contributed by atoms with E-state index in [2.05, 4.69) is 10.2 Å². The molecule has 269 valence electrons. The molecule has 4 aliphatic rings. The van der Waals surface area contributed by atoms with Crippen LogP contribution in [0.3, 0.4) is 0 Å². The minimum Gasteiger partial charge on any atom is -0.507 e. The highest BCUT2D eigenvalue weighted by Crippen LogP contribution is 2.52. The number of nitrogens with zero attached hydrogens (tertiary/aromatic N) is 3. The highest BCUT2D eigenvalue weighted by atomic mass is 16.7. The van der Waals surface area contributed by atoms with E-state index in [4.69, 9.17) is 19.9 Å². The fourth-order valence-electron chi connectivity index (χ4n) is 8.00. The van der Waals surface area contributed by atoms with Crippen LogP contribution in [-0.4, -0.2) is 96.8 Å². The molecule has 2 heterocycles. The normalized spacial score (nSPS) is 30.7. The van der Waals surface area contributed by atoms with E-state index in [-0.39, 0.29) is 53.0 Å². The van der Waals surface area contributed by atoms with Gasteiger partial charge in [0, 0.05) is 71.6 Å². The summed E-state index contributed by atoms with van der Waals surface area (Å²) < 4.78 is 17.6. The van der Waals surface area contributed by atoms with Crippen molar-refractivity contribution >= 4 is 23.0 Å². The molecule has 0 saturated carbocycles. The summed E-state index contributed by atoms with van der Waals surface area (Å²) in [6, 6.07) is 3.80. The molecule has 14 nitrogen and oxygen atoms in total. The van der Waals surface area contributed by atoms with Crippen molar-refractivity contribution in [2.45, 2.75) is 121 Å². The molecule has 50 heavy (non-hydrogen) atoms. The van der Waals surface area contributed by atoms with Crippen LogP contribution in [0.2, 0.25) is 0 Å². The predicted octanol–water partition coefficient (Wildman–Crippen LogP) is 3.26. The number of carbonyl (C=O) groups is 2. The van der Waals surface area contributed by atoms with Crippen molar-refractivity contribution in [1.82, 2.24) is 5.06 Å². The lowest BCUT2D eigenvalue weighted by atomic mass is 9.71. The van der Waals surface area contributed by atoms with E-state index < -0.39 is 81.5 Å². The highest BCUT2D eigenvalue weighted by molar-refractivity contribution is 6.31. The van der Waals surface area contributed by atoms with Crippen LogP contribution in [0.15, 0.2) is 28.4 Å². The van der Waals surface area contributed by atoms with E-state index in [1.54, 1.807) is 19.9 Å². The van der Waals surface area contributed by atoms with E-state index in [1.165, 1.54) is 19.2 Å². The lowest BCUT2D eigenvalue weighted by Gasteiger charge is -2.46. The highest BCUT2D eigenvalue weighted by Gasteiger charge is 2.49. The first-order valence-corrected chi connectivity index (χ1v) is 16.7. The number of rotatable bonds is 5. The SMILES string of the molecule is COc1cccc2c1C(=O)c1c(O)c3c(c(O)c1C2=O)C[C@@](O)(/C(C)=N/N=C1CC(C)(C)N([O])C(C)(C)C1)C[C@@H]3O[C@@H]1C[C@@H](N)[C@@H](O)[C@@H](C)O1. The van der Waals surface area contributed by atoms with Crippen molar-refractivity contribution in [3.63, 3.8) is 0 Å². The Morgan fingerprint density at radius 1 is 1.02 bits per heavy atom. The number of hydrogen-bond acceptors (Lipinski definition) is 13. The van der Waals surface area contributed by atoms with Gasteiger partial charge in [0.2, 0.25) is 5.78 Å². The number of ketones is 2. The molecule has 0 unspecified atom stereocenters. The van der Waals surface area contributed by atoms with Gasteiger partial charge in [0.1, 0.15) is 22.8 Å². The van der Waals surface area contributed by atoms with Gasteiger partial charge in [-0.05, 0) is 47.6 Å². The van der Waals surface area contributed by atoms with Crippen LogP contribution < -0.4 is 10.5 Å². The second-order valence-electron chi connectivity index (χ2n) is 15.2. The van der Waals surface area contributed by atoms with Crippen LogP contribution in [-0.2, 0) is 21.1 Å². The van der Waals surface area contributed by atoms with Crippen LogP contribution in [0, 0.1) is 0 Å². The molecule has 6 N–H and O–H groups in total. The maximum atomic E-state index is 14.0. The summed E-state index contributed by atoms with van der Waals surface area (Å²) in [5.41, 5.74) is 2.85. The molecular weight excluding hydrogens is 648 g/mol. The maximum absolute atomic E-state index is 14.0. The molecule has 0 bridgehead atoms. The molecule has 2 aromatic carbocycles. The molecule has 0 amide bonds. The van der Waals surface area contributed by atoms with Gasteiger partial charge in [-0.1, -0.05) is 12.1 Å². The molecule has 6 atom stereocenters. The lowest BCUT2D eigenvalue weighted by molar-refractivity contribution is -0.273. The first-order chi connectivity index (χ1) is 23.3.